The van der Waals surface area contributed by atoms with Crippen molar-refractivity contribution in [1.82, 2.24) is 9.97 Å². The Balaban J connectivity index is 0.00000112. The predicted molar refractivity (Wildman–Crippen MR) is 54.9 cm³/mol. The molecule has 0 aliphatic heterocycles. The van der Waals surface area contributed by atoms with Crippen molar-refractivity contribution in [3.63, 3.8) is 0 Å². The van der Waals surface area contributed by atoms with E-state index in [1.165, 1.54) is 6.20 Å². The zero-order valence-corrected chi connectivity index (χ0v) is 7.16. The first-order valence-corrected chi connectivity index (χ1v) is 4.00. The number of carbonyl (C=O) groups excluding carboxylic acids is 1. The van der Waals surface area contributed by atoms with Gasteiger partial charge in [-0.15, -0.1) is 0 Å². The number of hydrogen-bond donors (Lipinski definition) is 1. The van der Waals surface area contributed by atoms with Gasteiger partial charge in [0.25, 0.3) is 0 Å². The van der Waals surface area contributed by atoms with Crippen molar-refractivity contribution in [1.29, 1.82) is 0 Å². The quantitative estimate of drug-likeness (QED) is 0.617. The van der Waals surface area contributed by atoms with Crippen LogP contribution in [0.5, 0.6) is 5.75 Å². The molecule has 2 aromatic rings. The summed E-state index contributed by atoms with van der Waals surface area (Å²) in [6.45, 7) is -1.13. The first kappa shape index (κ1) is 12.8. The van der Waals surface area contributed by atoms with Gasteiger partial charge in [-0.2, -0.15) is 0 Å². The molecule has 0 unspecified atom stereocenters. The Hall–Kier alpha value is -0.274. The average molecular weight is 234 g/mol. The number of hydrogen-bond acceptors (Lipinski definition) is 3. The topological polar surface area (TPSA) is 55.0 Å². The summed E-state index contributed by atoms with van der Waals surface area (Å²) in [7, 11) is 0. The van der Waals surface area contributed by atoms with E-state index in [4.69, 9.17) is 4.74 Å². The Bertz CT molecular complexity index is 472. The van der Waals surface area contributed by atoms with E-state index in [9.17, 15) is 9.18 Å². The van der Waals surface area contributed by atoms with Crippen molar-refractivity contribution in [2.75, 3.05) is 6.67 Å². The number of aromatic nitrogens is 2. The first-order valence-electron chi connectivity index (χ1n) is 4.00. The third-order valence-electron chi connectivity index (χ3n) is 1.75. The van der Waals surface area contributed by atoms with E-state index in [1.807, 2.05) is 0 Å². The number of carbonyl (C=O) groups is 1. The zero-order chi connectivity index (χ0) is 9.97. The number of nitrogens with zero attached hydrogens (tertiary/aromatic N) is 1. The molecule has 2 rings (SSSR count). The summed E-state index contributed by atoms with van der Waals surface area (Å²) in [6.07, 6.45) is 3.09. The minimum atomic E-state index is -1.13. The first-order chi connectivity index (χ1) is 6.81. The second-order valence-electron chi connectivity index (χ2n) is 2.66. The molecule has 0 spiro atoms. The molecule has 0 aromatic carbocycles. The van der Waals surface area contributed by atoms with E-state index < -0.39 is 12.6 Å². The monoisotopic (exact) mass is 234 g/mol. The number of alkyl halides is 1. The Morgan fingerprint density at radius 1 is 1.60 bits per heavy atom. The van der Waals surface area contributed by atoms with Crippen LogP contribution in [-0.2, 0) is 4.79 Å². The van der Waals surface area contributed by atoms with Gasteiger partial charge in [-0.1, -0.05) is 0 Å². The molecule has 0 amide bonds. The third-order valence-corrected chi connectivity index (χ3v) is 1.75. The van der Waals surface area contributed by atoms with E-state index in [0.717, 1.165) is 0 Å². The summed E-state index contributed by atoms with van der Waals surface area (Å²) in [5.41, 5.74) is 0.606. The zero-order valence-electron chi connectivity index (χ0n) is 7.16. The Morgan fingerprint density at radius 2 is 2.40 bits per heavy atom. The van der Waals surface area contributed by atoms with Crippen molar-refractivity contribution in [2.24, 2.45) is 0 Å². The van der Waals surface area contributed by atoms with Crippen LogP contribution in [0.2, 0.25) is 0 Å². The fraction of sp³-hybridized carbons (Fsp3) is 0.111. The molecule has 15 heavy (non-hydrogen) atoms. The van der Waals surface area contributed by atoms with Crippen LogP contribution in [0, 0.1) is 0 Å². The number of fused-ring (bicyclic) bond motifs is 1. The van der Waals surface area contributed by atoms with E-state index in [2.05, 4.69) is 9.97 Å². The fourth-order valence-electron chi connectivity index (χ4n) is 1.17. The van der Waals surface area contributed by atoms with E-state index >= 15 is 0 Å². The van der Waals surface area contributed by atoms with Crippen molar-refractivity contribution in [3.05, 3.63) is 24.5 Å². The second-order valence-corrected chi connectivity index (χ2v) is 2.66. The van der Waals surface area contributed by atoms with Gasteiger partial charge in [0, 0.05) is 12.4 Å². The standard InChI is InChI=1S/C9H7FN2O2.K.H/c10-4-8(13)14-7-5-12-9-6(7)2-1-3-11-9;;/h1-3,5H,4H2,(H,11,12);;. The van der Waals surface area contributed by atoms with Gasteiger partial charge in [0.15, 0.2) is 12.4 Å². The number of H-pyrrole nitrogens is 1. The summed E-state index contributed by atoms with van der Waals surface area (Å²) < 4.78 is 16.6. The number of nitrogens with one attached hydrogen (secondary N) is 1. The number of pyridine rings is 1. The molecule has 0 saturated heterocycles. The molecule has 0 atom stereocenters. The number of rotatable bonds is 2. The molecule has 0 saturated carbocycles. The molecule has 0 aliphatic carbocycles. The van der Waals surface area contributed by atoms with Gasteiger partial charge in [-0.3, -0.25) is 0 Å². The normalized spacial score (nSPS) is 9.67. The van der Waals surface area contributed by atoms with Crippen molar-refractivity contribution >= 4 is 68.4 Å². The van der Waals surface area contributed by atoms with Gasteiger partial charge in [-0.25, -0.2) is 14.2 Å². The van der Waals surface area contributed by atoms with Crippen molar-refractivity contribution < 1.29 is 13.9 Å². The Kier molecular flexibility index (Phi) is 4.87. The molecule has 0 radical (unpaired) electrons. The molecular weight excluding hydrogens is 226 g/mol. The maximum absolute atomic E-state index is 11.9. The van der Waals surface area contributed by atoms with E-state index in [1.54, 1.807) is 18.3 Å². The molecule has 2 heterocycles. The summed E-state index contributed by atoms with van der Waals surface area (Å²) >= 11 is 0. The second kappa shape index (κ2) is 5.71. The van der Waals surface area contributed by atoms with E-state index in [-0.39, 0.29) is 51.4 Å². The van der Waals surface area contributed by atoms with Gasteiger partial charge in [0.05, 0.1) is 5.39 Å². The molecule has 6 heteroatoms. The van der Waals surface area contributed by atoms with Crippen molar-refractivity contribution in [2.45, 2.75) is 0 Å². The van der Waals surface area contributed by atoms with Crippen LogP contribution in [0.4, 0.5) is 4.39 Å². The molecule has 0 bridgehead atoms. The van der Waals surface area contributed by atoms with Gasteiger partial charge < -0.3 is 9.72 Å². The van der Waals surface area contributed by atoms with Gasteiger partial charge in [-0.05, 0) is 12.1 Å². The number of halogens is 1. The molecule has 2 aromatic heterocycles. The number of ether oxygens (including phenoxy) is 1. The summed E-state index contributed by atoms with van der Waals surface area (Å²) in [5, 5.41) is 0.661. The fourth-order valence-corrected chi connectivity index (χ4v) is 1.17. The summed E-state index contributed by atoms with van der Waals surface area (Å²) in [5.74, 6) is -0.606. The van der Waals surface area contributed by atoms with Crippen LogP contribution in [0.25, 0.3) is 11.0 Å². The number of aromatic amines is 1. The molecule has 74 valence electrons. The molecule has 1 N–H and O–H groups in total. The van der Waals surface area contributed by atoms with Gasteiger partial charge >= 0.3 is 57.4 Å². The predicted octanol–water partition coefficient (Wildman–Crippen LogP) is 0.789. The maximum atomic E-state index is 11.9. The van der Waals surface area contributed by atoms with Crippen LogP contribution in [0.15, 0.2) is 24.5 Å². The van der Waals surface area contributed by atoms with Crippen LogP contribution in [0.3, 0.4) is 0 Å². The SMILES string of the molecule is O=C(CF)Oc1c[nH]c2ncccc12.[KH]. The molecule has 4 nitrogen and oxygen atoms in total. The van der Waals surface area contributed by atoms with Crippen LogP contribution >= 0.6 is 0 Å². The summed E-state index contributed by atoms with van der Waals surface area (Å²) in [6, 6.07) is 3.45. The van der Waals surface area contributed by atoms with E-state index in [0.29, 0.717) is 16.8 Å². The Morgan fingerprint density at radius 3 is 3.13 bits per heavy atom. The van der Waals surface area contributed by atoms with Gasteiger partial charge in [0.2, 0.25) is 0 Å². The van der Waals surface area contributed by atoms with Crippen molar-refractivity contribution in [3.8, 4) is 5.75 Å². The van der Waals surface area contributed by atoms with Crippen LogP contribution in [-0.4, -0.2) is 74.0 Å². The average Bonchev–Trinajstić information content (AvgIpc) is 2.62. The van der Waals surface area contributed by atoms with Crippen LogP contribution < -0.4 is 4.74 Å². The Labute approximate surface area is 128 Å². The molecule has 0 aliphatic rings. The third kappa shape index (κ3) is 2.85. The molecular formula is C9H8FKN2O2. The summed E-state index contributed by atoms with van der Waals surface area (Å²) in [4.78, 5) is 17.5. The number of esters is 1. The van der Waals surface area contributed by atoms with Gasteiger partial charge in [0.1, 0.15) is 5.65 Å². The minimum absolute atomic E-state index is 0. The molecule has 0 fully saturated rings. The van der Waals surface area contributed by atoms with Crippen LogP contribution in [0.1, 0.15) is 0 Å².